The standard InChI is InChI=1S/C88H139N3O59/c1-4-50(106)91-32(9-28-5-7-30(103)8-6-28)35(105)11-29(78(128)129)10-31(104)12-36-33(89-26(2)101)13-37(39(15-92)132-36)133-79-34(90-27(3)102)14-38(40(16-93)135-79)134-84-71(127)73(146-87-77(66(122)57(113)46(22-99)141-87)150-88-76(65(121)56(112)47(23-100)142-88)149-83-69(125)62(118)53(109)43(19-96)138-83)59(115)49(144-84)24-130-80-70(126)72(145-86-75(64(120)55(111)45(21-98)140-86)148-82-68(124)61(117)52(108)42(18-95)137-82)58(114)48(143-80)25-131-85-74(63(119)54(110)44(20-97)139-85)147-81-67(123)60(116)51(107)41(17-94)136-81/h5-8,29,32-34,36-49,51-77,79-88,92-100,103,107-127H,4,9-25H2,1-3H3,(H,89,101)(H,90,102)(H,91,106)(H,128,129)/t29?,32?,33?,34?,36-,37+,38+,39?,40?,41?,42?,43?,44?,45?,46?,47?,48?,49?,51-,52-,53-,54-,55-,56-,57-,58-,59-,60-,61-,62-,63-,64-,65-,66-,67?,68?,69?,70?,71?,72-,73-,74?,75?,76?,77?,79+,80+,81-,82-,83-,84+,85+,86-,87-,88-/m0/s1. The molecule has 62 nitrogen and oxygen atoms in total. The van der Waals surface area contributed by atoms with Gasteiger partial charge in [-0.2, -0.15) is 0 Å². The number of nitrogens with one attached hydrogen (secondary N) is 3. The number of benzene rings is 1. The lowest BCUT2D eigenvalue weighted by molar-refractivity contribution is -0.407. The number of carboxylic acids is 1. The summed E-state index contributed by atoms with van der Waals surface area (Å²) in [5.74, 6) is -7.15. The molecule has 55 atom stereocenters. The van der Waals surface area contributed by atoms with Crippen molar-refractivity contribution in [3.8, 4) is 5.75 Å². The number of rotatable bonds is 45. The van der Waals surface area contributed by atoms with Crippen LogP contribution in [0, 0.1) is 5.92 Å². The molecule has 0 saturated carbocycles. The molecular weight excluding hydrogens is 2040 g/mol. The largest absolute Gasteiger partial charge is 0.508 e. The van der Waals surface area contributed by atoms with Gasteiger partial charge in [0.1, 0.15) is 243 Å². The SMILES string of the molecule is CCC(=O)NC(Cc1ccc(O)cc1)C(=O)CC(CC(=O)C[C@@H]1OC(CO)[C@H](O[C@@H]2OC(CO)[C@H](O[C@@H]3OC(CO[C@@H]4OC(CO[C@@H]5OC(CO)[C@H](O)[C@H](O)C5O[C@@H]5OC(CO)[C@H](O)[C@H](O)C5O)[C@H](O)[C@H](O[C@@H]5OC(CO)[C@H](O)[C@H](O)C5O[C@@H]5OC(CO)[C@H](O)[C@H](O)C5O)C4O)[C@H](O)[C@H](O[C@@H]4OC(CO)[C@H](O)[C@H](O)C4O[C@@H]4OC(CO)[C@H](O)[C@H](O)C4O[C@@H]4OC(CO)[C@H](O)[C@H](O)C4O)C3O)CC2NC(C)=O)CC1NC(C)=O)C(=O)O. The number of ether oxygens (including phenoxy) is 21. The Bertz CT molecular complexity index is 4360. The number of aliphatic hydroxyl groups is 30. The van der Waals surface area contributed by atoms with E-state index in [1.807, 2.05) is 0 Å². The van der Waals surface area contributed by atoms with Gasteiger partial charge in [-0.1, -0.05) is 19.1 Å². The number of aliphatic hydroxyl groups excluding tert-OH is 30. The third kappa shape index (κ3) is 28.7. The second-order valence-corrected chi connectivity index (χ2v) is 38.3. The summed E-state index contributed by atoms with van der Waals surface area (Å²) < 4.78 is 126. The van der Waals surface area contributed by atoms with Gasteiger partial charge in [-0.05, 0) is 30.5 Å². The zero-order valence-corrected chi connectivity index (χ0v) is 80.6. The van der Waals surface area contributed by atoms with E-state index in [0.29, 0.717) is 5.56 Å². The number of aliphatic carboxylic acids is 1. The van der Waals surface area contributed by atoms with Crippen molar-refractivity contribution in [3.63, 3.8) is 0 Å². The highest BCUT2D eigenvalue weighted by Gasteiger charge is 2.62. The van der Waals surface area contributed by atoms with Gasteiger partial charge in [0.15, 0.2) is 68.7 Å². The van der Waals surface area contributed by atoms with Gasteiger partial charge >= 0.3 is 5.97 Å². The molecule has 860 valence electrons. The average molecular weight is 2180 g/mol. The second kappa shape index (κ2) is 55.1. The van der Waals surface area contributed by atoms with E-state index in [9.17, 15) is 192 Å². The summed E-state index contributed by atoms with van der Waals surface area (Å²) in [5.41, 5.74) is 0.469. The minimum absolute atomic E-state index is 0.0713. The highest BCUT2D eigenvalue weighted by molar-refractivity contribution is 5.93. The Morgan fingerprint density at radius 1 is 0.320 bits per heavy atom. The second-order valence-electron chi connectivity index (χ2n) is 38.3. The molecule has 11 aliphatic heterocycles. The average Bonchev–Trinajstić information content (AvgIpc) is 0.800. The summed E-state index contributed by atoms with van der Waals surface area (Å²) in [4.78, 5) is 80.0. The van der Waals surface area contributed by atoms with Gasteiger partial charge in [0.2, 0.25) is 17.7 Å². The maximum absolute atomic E-state index is 14.1. The molecule has 11 heterocycles. The fraction of sp³-hybridized carbons (Fsp3) is 0.864. The Morgan fingerprint density at radius 3 is 1.01 bits per heavy atom. The summed E-state index contributed by atoms with van der Waals surface area (Å²) >= 11 is 0. The number of hydrogen-bond acceptors (Lipinski definition) is 58. The van der Waals surface area contributed by atoms with E-state index >= 15 is 0 Å². The van der Waals surface area contributed by atoms with Crippen molar-refractivity contribution in [2.45, 2.75) is 397 Å². The zero-order valence-electron chi connectivity index (χ0n) is 80.6. The lowest BCUT2D eigenvalue weighted by atomic mass is 9.88. The first-order valence-electron chi connectivity index (χ1n) is 48.5. The Labute approximate surface area is 851 Å². The number of aromatic hydroxyl groups is 1. The van der Waals surface area contributed by atoms with Crippen molar-refractivity contribution in [2.24, 2.45) is 5.92 Å². The van der Waals surface area contributed by atoms with Crippen LogP contribution in [-0.2, 0) is 135 Å². The number of phenols is 1. The molecule has 150 heavy (non-hydrogen) atoms. The van der Waals surface area contributed by atoms with Crippen LogP contribution in [0.1, 0.15) is 64.9 Å². The van der Waals surface area contributed by atoms with Crippen molar-refractivity contribution >= 4 is 35.3 Å². The van der Waals surface area contributed by atoms with Crippen LogP contribution in [0.3, 0.4) is 0 Å². The molecule has 0 radical (unpaired) electrons. The normalized spacial score (nSPS) is 45.1. The van der Waals surface area contributed by atoms with Crippen molar-refractivity contribution in [1.82, 2.24) is 16.0 Å². The Kier molecular flexibility index (Phi) is 45.1. The molecule has 1 aromatic rings. The molecule has 35 N–H and O–H groups in total. The third-order valence-corrected chi connectivity index (χ3v) is 27.8. The Morgan fingerprint density at radius 2 is 0.627 bits per heavy atom. The maximum Gasteiger partial charge on any atom is 0.307 e. The van der Waals surface area contributed by atoms with E-state index in [1.54, 1.807) is 0 Å². The molecule has 11 fully saturated rings. The number of amides is 3. The molecule has 0 aliphatic carbocycles. The highest BCUT2D eigenvalue weighted by atomic mass is 16.8. The molecule has 0 spiro atoms. The summed E-state index contributed by atoms with van der Waals surface area (Å²) in [5, 5.41) is 365. The van der Waals surface area contributed by atoms with Crippen LogP contribution in [0.15, 0.2) is 24.3 Å². The Hall–Kier alpha value is -5.80. The molecule has 62 heteroatoms. The lowest BCUT2D eigenvalue weighted by Crippen LogP contribution is -2.68. The van der Waals surface area contributed by atoms with E-state index in [0.717, 1.165) is 13.8 Å². The first-order valence-corrected chi connectivity index (χ1v) is 48.5. The van der Waals surface area contributed by atoms with Crippen LogP contribution >= 0.6 is 0 Å². The number of carboxylic acid groups (broad SMARTS) is 1. The molecule has 0 aromatic heterocycles. The van der Waals surface area contributed by atoms with E-state index < -0.39 is 477 Å². The molecule has 0 bridgehead atoms. The molecule has 1 aromatic carbocycles. The number of carbonyl (C=O) groups excluding carboxylic acids is 5. The maximum atomic E-state index is 14.1. The lowest BCUT2D eigenvalue weighted by Gasteiger charge is -2.50. The van der Waals surface area contributed by atoms with Gasteiger partial charge in [-0.15, -0.1) is 0 Å². The molecule has 12 rings (SSSR count). The summed E-state index contributed by atoms with van der Waals surface area (Å²) in [6, 6.07) is 1.51. The highest BCUT2D eigenvalue weighted by Crippen LogP contribution is 2.43. The van der Waals surface area contributed by atoms with Gasteiger partial charge in [0.05, 0.1) is 115 Å². The fourth-order valence-electron chi connectivity index (χ4n) is 19.3. The van der Waals surface area contributed by atoms with Crippen molar-refractivity contribution in [1.29, 1.82) is 0 Å². The third-order valence-electron chi connectivity index (χ3n) is 27.8. The summed E-state index contributed by atoms with van der Waals surface area (Å²) in [7, 11) is 0. The van der Waals surface area contributed by atoms with Gasteiger partial charge in [-0.3, -0.25) is 28.8 Å². The van der Waals surface area contributed by atoms with Crippen molar-refractivity contribution < 1.29 is 292 Å². The van der Waals surface area contributed by atoms with Gasteiger partial charge in [0.25, 0.3) is 0 Å². The topological polar surface area (TPSA) is 980 Å². The monoisotopic (exact) mass is 2180 g/mol. The smallest absolute Gasteiger partial charge is 0.307 e. The molecule has 11 saturated heterocycles. The minimum Gasteiger partial charge on any atom is -0.508 e. The first-order chi connectivity index (χ1) is 71.2. The quantitative estimate of drug-likeness (QED) is 0.0288. The predicted octanol–water partition coefficient (Wildman–Crippen LogP) is -20.7. The van der Waals surface area contributed by atoms with Gasteiger partial charge in [-0.25, -0.2) is 0 Å². The predicted molar refractivity (Wildman–Crippen MR) is 470 cm³/mol. The summed E-state index contributed by atoms with van der Waals surface area (Å²) in [6.45, 7) is -9.00. The van der Waals surface area contributed by atoms with Crippen LogP contribution in [0.5, 0.6) is 5.75 Å². The molecular formula is C88H139N3O59. The van der Waals surface area contributed by atoms with Crippen LogP contribution in [0.25, 0.3) is 0 Å². The van der Waals surface area contributed by atoms with Crippen LogP contribution < -0.4 is 16.0 Å². The molecule has 11 aliphatic rings. The number of phenolic OH excluding ortho intramolecular Hbond substituents is 1. The fourth-order valence-corrected chi connectivity index (χ4v) is 19.3. The number of Topliss-reactive ketones (excluding diaryl/α,β-unsaturated/α-hetero) is 2. The zero-order chi connectivity index (χ0) is 110. The van der Waals surface area contributed by atoms with Crippen LogP contribution in [0.2, 0.25) is 0 Å². The van der Waals surface area contributed by atoms with E-state index in [2.05, 4.69) is 16.0 Å². The van der Waals surface area contributed by atoms with E-state index in [-0.39, 0.29) is 18.6 Å². The number of ketones is 2. The van der Waals surface area contributed by atoms with Crippen LogP contribution in [-0.4, -0.2) is 603 Å². The van der Waals surface area contributed by atoms with Crippen molar-refractivity contribution in [2.75, 3.05) is 72.7 Å². The van der Waals surface area contributed by atoms with Gasteiger partial charge < -0.3 is 279 Å². The minimum atomic E-state index is -2.63. The van der Waals surface area contributed by atoms with E-state index in [4.69, 9.17) is 99.5 Å². The van der Waals surface area contributed by atoms with E-state index in [1.165, 1.54) is 31.2 Å². The van der Waals surface area contributed by atoms with Crippen molar-refractivity contribution in [3.05, 3.63) is 29.8 Å². The number of carbonyl (C=O) groups is 6. The summed E-state index contributed by atoms with van der Waals surface area (Å²) in [6.07, 6.45) is -114. The van der Waals surface area contributed by atoms with Crippen LogP contribution in [0.4, 0.5) is 0 Å². The van der Waals surface area contributed by atoms with Gasteiger partial charge in [0, 0.05) is 46.0 Å². The molecule has 24 unspecified atom stereocenters. The first kappa shape index (κ1) is 123. The number of hydrogen-bond donors (Lipinski definition) is 35. The molecule has 3 amide bonds. The Balaban J connectivity index is 0.868.